The highest BCUT2D eigenvalue weighted by molar-refractivity contribution is 8.00. The number of benzene rings is 2. The average Bonchev–Trinajstić information content (AvgIpc) is 2.65. The first-order valence-electron chi connectivity index (χ1n) is 8.54. The van der Waals surface area contributed by atoms with Gasteiger partial charge in [-0.2, -0.15) is 0 Å². The Morgan fingerprint density at radius 2 is 2.04 bits per heavy atom. The minimum absolute atomic E-state index is 0.269. The molecule has 1 aromatic heterocycles. The average molecular weight is 386 g/mol. The van der Waals surface area contributed by atoms with Gasteiger partial charge in [0.15, 0.2) is 5.16 Å². The van der Waals surface area contributed by atoms with Crippen LogP contribution < -0.4 is 5.56 Å². The number of hydrogen-bond donors (Lipinski definition) is 0. The molecule has 2 aromatic carbocycles. The molecule has 0 amide bonds. The second-order valence-electron chi connectivity index (χ2n) is 6.00. The van der Waals surface area contributed by atoms with E-state index in [1.165, 1.54) is 10.6 Å². The van der Waals surface area contributed by atoms with Crippen molar-refractivity contribution in [2.75, 3.05) is 6.61 Å². The van der Waals surface area contributed by atoms with Gasteiger partial charge in [0.1, 0.15) is 11.1 Å². The molecule has 1 atom stereocenters. The SMILES string of the molecule is CCOC(=O)C(C)Sc1nc2ccccc2c(=O)n1-c1ccc(C)c(F)c1. The van der Waals surface area contributed by atoms with Crippen molar-refractivity contribution in [1.29, 1.82) is 0 Å². The number of para-hydroxylation sites is 1. The molecule has 0 aliphatic rings. The summed E-state index contributed by atoms with van der Waals surface area (Å²) < 4.78 is 20.5. The number of thioether (sulfide) groups is 1. The van der Waals surface area contributed by atoms with Crippen molar-refractivity contribution in [2.24, 2.45) is 0 Å². The van der Waals surface area contributed by atoms with Gasteiger partial charge in [-0.05, 0) is 50.6 Å². The van der Waals surface area contributed by atoms with Crippen molar-refractivity contribution >= 4 is 28.6 Å². The lowest BCUT2D eigenvalue weighted by molar-refractivity contribution is -0.142. The molecule has 0 radical (unpaired) electrons. The Bertz CT molecular complexity index is 1060. The lowest BCUT2D eigenvalue weighted by atomic mass is 10.2. The lowest BCUT2D eigenvalue weighted by Gasteiger charge is -2.16. The van der Waals surface area contributed by atoms with Gasteiger partial charge in [-0.1, -0.05) is 30.0 Å². The first-order chi connectivity index (χ1) is 12.9. The molecule has 1 heterocycles. The number of ether oxygens (including phenoxy) is 1. The van der Waals surface area contributed by atoms with E-state index in [0.717, 1.165) is 11.8 Å². The highest BCUT2D eigenvalue weighted by Gasteiger charge is 2.21. The molecule has 0 saturated heterocycles. The van der Waals surface area contributed by atoms with Crippen molar-refractivity contribution in [1.82, 2.24) is 9.55 Å². The van der Waals surface area contributed by atoms with Crippen LogP contribution in [0.4, 0.5) is 4.39 Å². The summed E-state index contributed by atoms with van der Waals surface area (Å²) in [7, 11) is 0. The van der Waals surface area contributed by atoms with Gasteiger partial charge >= 0.3 is 5.97 Å². The molecule has 0 aliphatic carbocycles. The minimum atomic E-state index is -0.570. The highest BCUT2D eigenvalue weighted by atomic mass is 32.2. The normalized spacial score (nSPS) is 12.1. The van der Waals surface area contributed by atoms with E-state index in [1.807, 2.05) is 0 Å². The summed E-state index contributed by atoms with van der Waals surface area (Å²) in [4.78, 5) is 29.7. The number of aryl methyl sites for hydroxylation is 1. The van der Waals surface area contributed by atoms with Crippen LogP contribution in [0.1, 0.15) is 19.4 Å². The maximum Gasteiger partial charge on any atom is 0.319 e. The van der Waals surface area contributed by atoms with Crippen LogP contribution in [0.15, 0.2) is 52.4 Å². The van der Waals surface area contributed by atoms with Crippen molar-refractivity contribution in [3.8, 4) is 5.69 Å². The molecular formula is C20H19FN2O3S. The van der Waals surface area contributed by atoms with Crippen molar-refractivity contribution < 1.29 is 13.9 Å². The van der Waals surface area contributed by atoms with Crippen LogP contribution in [0.2, 0.25) is 0 Å². The molecule has 0 bridgehead atoms. The summed E-state index contributed by atoms with van der Waals surface area (Å²) in [6.45, 7) is 5.34. The molecule has 3 rings (SSSR count). The second kappa shape index (κ2) is 7.92. The number of aromatic nitrogens is 2. The van der Waals surface area contributed by atoms with Gasteiger partial charge in [0.05, 0.1) is 23.2 Å². The molecule has 27 heavy (non-hydrogen) atoms. The van der Waals surface area contributed by atoms with Crippen molar-refractivity contribution in [3.05, 3.63) is 64.2 Å². The summed E-state index contributed by atoms with van der Waals surface area (Å²) in [5, 5.41) is 0.161. The summed E-state index contributed by atoms with van der Waals surface area (Å²) in [6.07, 6.45) is 0. The first-order valence-corrected chi connectivity index (χ1v) is 9.42. The van der Waals surface area contributed by atoms with E-state index in [4.69, 9.17) is 4.74 Å². The first kappa shape index (κ1) is 19.1. The van der Waals surface area contributed by atoms with Crippen LogP contribution in [-0.2, 0) is 9.53 Å². The molecule has 5 nitrogen and oxygen atoms in total. The van der Waals surface area contributed by atoms with Gasteiger partial charge in [0.25, 0.3) is 5.56 Å². The molecule has 0 spiro atoms. The zero-order chi connectivity index (χ0) is 19.6. The van der Waals surface area contributed by atoms with Gasteiger partial charge in [0, 0.05) is 0 Å². The number of halogens is 1. The Kier molecular flexibility index (Phi) is 5.60. The molecule has 3 aromatic rings. The quantitative estimate of drug-likeness (QED) is 0.378. The third-order valence-corrected chi connectivity index (χ3v) is 5.09. The molecule has 7 heteroatoms. The smallest absolute Gasteiger partial charge is 0.319 e. The zero-order valence-corrected chi connectivity index (χ0v) is 16.0. The Morgan fingerprint density at radius 1 is 1.30 bits per heavy atom. The molecule has 140 valence electrons. The molecular weight excluding hydrogens is 367 g/mol. The summed E-state index contributed by atoms with van der Waals surface area (Å²) in [5.41, 5.74) is 1.04. The fourth-order valence-corrected chi connectivity index (χ4v) is 3.53. The highest BCUT2D eigenvalue weighted by Crippen LogP contribution is 2.26. The zero-order valence-electron chi connectivity index (χ0n) is 15.2. The second-order valence-corrected chi connectivity index (χ2v) is 7.31. The number of hydrogen-bond acceptors (Lipinski definition) is 5. The number of carbonyl (C=O) groups excluding carboxylic acids is 1. The number of esters is 1. The predicted molar refractivity (Wildman–Crippen MR) is 104 cm³/mol. The third kappa shape index (κ3) is 3.88. The lowest BCUT2D eigenvalue weighted by Crippen LogP contribution is -2.24. The van der Waals surface area contributed by atoms with Crippen LogP contribution in [-0.4, -0.2) is 27.4 Å². The number of carbonyl (C=O) groups is 1. The van der Waals surface area contributed by atoms with E-state index >= 15 is 0 Å². The molecule has 0 aliphatic heterocycles. The van der Waals surface area contributed by atoms with Crippen molar-refractivity contribution in [2.45, 2.75) is 31.2 Å². The Hall–Kier alpha value is -2.67. The van der Waals surface area contributed by atoms with E-state index in [1.54, 1.807) is 57.2 Å². The largest absolute Gasteiger partial charge is 0.465 e. The van der Waals surface area contributed by atoms with Crippen LogP contribution in [0.3, 0.4) is 0 Å². The number of nitrogens with zero attached hydrogens (tertiary/aromatic N) is 2. The van der Waals surface area contributed by atoms with E-state index in [9.17, 15) is 14.0 Å². The van der Waals surface area contributed by atoms with Gasteiger partial charge < -0.3 is 4.74 Å². The predicted octanol–water partition coefficient (Wildman–Crippen LogP) is 3.88. The minimum Gasteiger partial charge on any atom is -0.465 e. The standard InChI is InChI=1S/C20H19FN2O3S/c1-4-26-19(25)13(3)27-20-22-17-8-6-5-7-15(17)18(24)23(20)14-10-9-12(2)16(21)11-14/h5-11,13H,4H2,1-3H3. The summed E-state index contributed by atoms with van der Waals surface area (Å²) in [5.74, 6) is -0.812. The van der Waals surface area contributed by atoms with Crippen LogP contribution in [0, 0.1) is 12.7 Å². The molecule has 0 saturated carbocycles. The molecule has 1 unspecified atom stereocenters. The van der Waals surface area contributed by atoms with Gasteiger partial charge in [-0.3, -0.25) is 14.2 Å². The van der Waals surface area contributed by atoms with E-state index in [2.05, 4.69) is 4.98 Å². The topological polar surface area (TPSA) is 61.2 Å². The molecule has 0 N–H and O–H groups in total. The Labute approximate surface area is 160 Å². The van der Waals surface area contributed by atoms with Crippen LogP contribution in [0.5, 0.6) is 0 Å². The fraction of sp³-hybridized carbons (Fsp3) is 0.250. The third-order valence-electron chi connectivity index (χ3n) is 4.06. The number of rotatable bonds is 5. The monoisotopic (exact) mass is 386 g/mol. The van der Waals surface area contributed by atoms with Gasteiger partial charge in [0.2, 0.25) is 0 Å². The van der Waals surface area contributed by atoms with E-state index in [-0.39, 0.29) is 12.2 Å². The van der Waals surface area contributed by atoms with E-state index in [0.29, 0.717) is 27.3 Å². The van der Waals surface area contributed by atoms with Gasteiger partial charge in [-0.15, -0.1) is 0 Å². The molecule has 0 fully saturated rings. The van der Waals surface area contributed by atoms with Crippen LogP contribution >= 0.6 is 11.8 Å². The summed E-state index contributed by atoms with van der Waals surface area (Å²) >= 11 is 1.11. The van der Waals surface area contributed by atoms with Crippen molar-refractivity contribution in [3.63, 3.8) is 0 Å². The Morgan fingerprint density at radius 3 is 2.74 bits per heavy atom. The summed E-state index contributed by atoms with van der Waals surface area (Å²) in [6, 6.07) is 11.5. The maximum absolute atomic E-state index is 14.1. The van der Waals surface area contributed by atoms with E-state index < -0.39 is 17.0 Å². The Balaban J connectivity index is 2.19. The van der Waals surface area contributed by atoms with Gasteiger partial charge in [-0.25, -0.2) is 9.37 Å². The maximum atomic E-state index is 14.1. The number of fused-ring (bicyclic) bond motifs is 1. The van der Waals surface area contributed by atoms with Crippen LogP contribution in [0.25, 0.3) is 16.6 Å². The fourth-order valence-electron chi connectivity index (χ4n) is 2.61.